The Balaban J connectivity index is 1.57. The first-order valence-electron chi connectivity index (χ1n) is 15.2. The molecule has 0 amide bonds. The molecule has 254 valence electrons. The summed E-state index contributed by atoms with van der Waals surface area (Å²) in [6.07, 6.45) is -0.975. The predicted octanol–water partition coefficient (Wildman–Crippen LogP) is 6.10. The highest BCUT2D eigenvalue weighted by molar-refractivity contribution is 9.11. The molecule has 2 atom stereocenters. The molecule has 0 aliphatic heterocycles. The van der Waals surface area contributed by atoms with E-state index in [1.54, 1.807) is 7.11 Å². The molecule has 0 spiro atoms. The van der Waals surface area contributed by atoms with Crippen molar-refractivity contribution >= 4 is 43.8 Å². The maximum absolute atomic E-state index is 10.8. The Bertz CT molecular complexity index is 1630. The first-order chi connectivity index (χ1) is 23.0. The molecule has 0 aliphatic rings. The van der Waals surface area contributed by atoms with Crippen molar-refractivity contribution in [3.63, 3.8) is 0 Å². The third-order valence-corrected chi connectivity index (χ3v) is 9.31. The van der Waals surface area contributed by atoms with Crippen molar-refractivity contribution in [2.24, 2.45) is 0 Å². The Kier molecular flexibility index (Phi) is 13.5. The van der Waals surface area contributed by atoms with Gasteiger partial charge in [0, 0.05) is 44.3 Å². The van der Waals surface area contributed by atoms with Crippen LogP contribution in [0.5, 0.6) is 11.8 Å². The zero-order valence-electron chi connectivity index (χ0n) is 26.5. The summed E-state index contributed by atoms with van der Waals surface area (Å²) < 4.78 is 12.8. The first kappa shape index (κ1) is 36.9. The summed E-state index contributed by atoms with van der Waals surface area (Å²) in [7, 11) is 3.09. The van der Waals surface area contributed by atoms with Gasteiger partial charge in [0.2, 0.25) is 11.8 Å². The van der Waals surface area contributed by atoms with Crippen molar-refractivity contribution in [3.8, 4) is 45.4 Å². The Labute approximate surface area is 295 Å². The number of carboxylic acids is 2. The fourth-order valence-corrected chi connectivity index (χ4v) is 6.63. The number of carbonyl (C=O) groups is 2. The molecule has 13 heteroatoms. The number of nitrogens with one attached hydrogen (secondary N) is 1. The molecule has 4 rings (SSSR count). The van der Waals surface area contributed by atoms with Gasteiger partial charge in [0.15, 0.2) is 0 Å². The van der Waals surface area contributed by atoms with Crippen LogP contribution in [0.1, 0.15) is 36.8 Å². The van der Waals surface area contributed by atoms with E-state index in [9.17, 15) is 19.8 Å². The lowest BCUT2D eigenvalue weighted by Crippen LogP contribution is -2.28. The van der Waals surface area contributed by atoms with E-state index in [2.05, 4.69) is 37.2 Å². The minimum Gasteiger partial charge on any atom is -0.481 e. The summed E-state index contributed by atoms with van der Waals surface area (Å²) in [6, 6.07) is 19.5. The van der Waals surface area contributed by atoms with Crippen LogP contribution in [-0.2, 0) is 22.6 Å². The molecule has 5 N–H and O–H groups in total. The normalized spacial score (nSPS) is 12.4. The number of carboxylic acid groups (broad SMARTS) is 2. The molecule has 11 nitrogen and oxygen atoms in total. The van der Waals surface area contributed by atoms with Gasteiger partial charge in [0.25, 0.3) is 0 Å². The van der Waals surface area contributed by atoms with Crippen LogP contribution < -0.4 is 14.8 Å². The van der Waals surface area contributed by atoms with Gasteiger partial charge < -0.3 is 35.2 Å². The van der Waals surface area contributed by atoms with E-state index in [-0.39, 0.29) is 19.4 Å². The summed E-state index contributed by atoms with van der Waals surface area (Å²) in [5.41, 5.74) is 6.56. The number of aliphatic carboxylic acids is 2. The zero-order valence-corrected chi connectivity index (χ0v) is 29.6. The summed E-state index contributed by atoms with van der Waals surface area (Å²) >= 11 is 7.64. The summed E-state index contributed by atoms with van der Waals surface area (Å²) in [6.45, 7) is 0.455. The van der Waals surface area contributed by atoms with Crippen LogP contribution >= 0.6 is 31.9 Å². The number of aliphatic hydroxyl groups is 2. The SMILES string of the molecule is COc1nc(-c2cccc(-c3cccc(-c4ccc(CNC[C@@H](O)CC(=O)O)c(OC)n4)c3Br)c2Br)ccc1CCC[C@@H](O)CC(=O)O. The van der Waals surface area contributed by atoms with Gasteiger partial charge in [-0.25, -0.2) is 9.97 Å². The second-order valence-electron chi connectivity index (χ2n) is 11.1. The van der Waals surface area contributed by atoms with Crippen molar-refractivity contribution in [3.05, 3.63) is 80.7 Å². The van der Waals surface area contributed by atoms with Crippen LogP contribution in [0.25, 0.3) is 33.6 Å². The lowest BCUT2D eigenvalue weighted by atomic mass is 9.98. The van der Waals surface area contributed by atoms with Crippen LogP contribution in [0, 0.1) is 0 Å². The van der Waals surface area contributed by atoms with Gasteiger partial charge in [0.1, 0.15) is 0 Å². The smallest absolute Gasteiger partial charge is 0.306 e. The number of methoxy groups -OCH3 is 2. The average molecular weight is 788 g/mol. The van der Waals surface area contributed by atoms with Gasteiger partial charge in [-0.15, -0.1) is 0 Å². The van der Waals surface area contributed by atoms with E-state index in [1.807, 2.05) is 60.7 Å². The van der Waals surface area contributed by atoms with E-state index in [1.165, 1.54) is 7.11 Å². The van der Waals surface area contributed by atoms with Crippen LogP contribution in [0.2, 0.25) is 0 Å². The van der Waals surface area contributed by atoms with Crippen LogP contribution in [0.4, 0.5) is 0 Å². The van der Waals surface area contributed by atoms with Crippen molar-refractivity contribution in [1.29, 1.82) is 0 Å². The molecule has 0 aliphatic carbocycles. The first-order valence-corrected chi connectivity index (χ1v) is 16.8. The van der Waals surface area contributed by atoms with Crippen molar-refractivity contribution < 1.29 is 39.5 Å². The second kappa shape index (κ2) is 17.5. The summed E-state index contributed by atoms with van der Waals surface area (Å²) in [5, 5.41) is 40.5. The number of hydrogen-bond acceptors (Lipinski definition) is 9. The van der Waals surface area contributed by atoms with Crippen molar-refractivity contribution in [2.45, 2.75) is 50.9 Å². The molecule has 4 aromatic rings. The lowest BCUT2D eigenvalue weighted by molar-refractivity contribution is -0.140. The quantitative estimate of drug-likeness (QED) is 0.0838. The Morgan fingerprint density at radius 3 is 1.73 bits per heavy atom. The molecular formula is C35H37Br2N3O8. The van der Waals surface area contributed by atoms with Gasteiger partial charge in [0.05, 0.1) is 50.7 Å². The summed E-state index contributed by atoms with van der Waals surface area (Å²) in [5.74, 6) is -1.21. The fourth-order valence-electron chi connectivity index (χ4n) is 5.27. The molecule has 0 saturated carbocycles. The molecular weight excluding hydrogens is 750 g/mol. The Morgan fingerprint density at radius 1 is 0.729 bits per heavy atom. The maximum atomic E-state index is 10.8. The monoisotopic (exact) mass is 785 g/mol. The average Bonchev–Trinajstić information content (AvgIpc) is 3.05. The number of rotatable bonds is 17. The van der Waals surface area contributed by atoms with Gasteiger partial charge in [-0.05, 0) is 74.4 Å². The fraction of sp³-hybridized carbons (Fsp3) is 0.314. The number of aliphatic hydroxyl groups excluding tert-OH is 2. The standard InChI is InChI=1S/C35H37Br2N3O8/c1-47-34-20(6-3-7-22(41)16-30(43)44)12-14-28(39-34)26-10-4-8-24(32(26)36)25-9-5-11-27(33(25)37)29-15-13-21(35(40-29)48-2)18-38-19-23(42)17-31(45)46/h4-5,8-15,22-23,38,41-42H,3,6-7,16-19H2,1-2H3,(H,43,44)(H,45,46)/t22-,23+/m1/s1. The number of hydrogen-bond donors (Lipinski definition) is 5. The van der Waals surface area contributed by atoms with Gasteiger partial charge in [-0.1, -0.05) is 48.5 Å². The summed E-state index contributed by atoms with van der Waals surface area (Å²) in [4.78, 5) is 31.2. The van der Waals surface area contributed by atoms with Crippen LogP contribution in [0.3, 0.4) is 0 Å². The lowest BCUT2D eigenvalue weighted by Gasteiger charge is -2.16. The molecule has 2 aromatic carbocycles. The van der Waals surface area contributed by atoms with E-state index in [4.69, 9.17) is 29.7 Å². The number of aryl methyl sites for hydroxylation is 1. The highest BCUT2D eigenvalue weighted by Crippen LogP contribution is 2.42. The topological polar surface area (TPSA) is 171 Å². The molecule has 48 heavy (non-hydrogen) atoms. The van der Waals surface area contributed by atoms with E-state index in [0.717, 1.165) is 42.3 Å². The van der Waals surface area contributed by atoms with Crippen LogP contribution in [0.15, 0.2) is 69.6 Å². The highest BCUT2D eigenvalue weighted by Gasteiger charge is 2.19. The van der Waals surface area contributed by atoms with Crippen molar-refractivity contribution in [2.75, 3.05) is 20.8 Å². The molecule has 0 radical (unpaired) electrons. The number of benzene rings is 2. The third kappa shape index (κ3) is 9.60. The van der Waals surface area contributed by atoms with Gasteiger partial charge >= 0.3 is 11.9 Å². The number of halogens is 2. The molecule has 0 fully saturated rings. The molecule has 0 bridgehead atoms. The number of aromatic nitrogens is 2. The van der Waals surface area contributed by atoms with Crippen LogP contribution in [-0.4, -0.2) is 75.3 Å². The predicted molar refractivity (Wildman–Crippen MR) is 188 cm³/mol. The maximum Gasteiger partial charge on any atom is 0.306 e. The largest absolute Gasteiger partial charge is 0.481 e. The molecule has 2 heterocycles. The second-order valence-corrected chi connectivity index (χ2v) is 12.7. The molecule has 2 aromatic heterocycles. The zero-order chi connectivity index (χ0) is 34.8. The van der Waals surface area contributed by atoms with E-state index >= 15 is 0 Å². The van der Waals surface area contributed by atoms with Gasteiger partial charge in [-0.3, -0.25) is 9.59 Å². The number of nitrogens with zero attached hydrogens (tertiary/aromatic N) is 2. The molecule has 0 unspecified atom stereocenters. The van der Waals surface area contributed by atoms with E-state index < -0.39 is 24.1 Å². The number of ether oxygens (including phenoxy) is 2. The van der Waals surface area contributed by atoms with E-state index in [0.29, 0.717) is 49.0 Å². The Hall–Kier alpha value is -3.88. The Morgan fingerprint density at radius 2 is 1.21 bits per heavy atom. The van der Waals surface area contributed by atoms with Gasteiger partial charge in [-0.2, -0.15) is 0 Å². The molecule has 0 saturated heterocycles. The van der Waals surface area contributed by atoms with Crippen molar-refractivity contribution in [1.82, 2.24) is 15.3 Å². The third-order valence-electron chi connectivity index (χ3n) is 7.60. The number of pyridine rings is 2. The highest BCUT2D eigenvalue weighted by atomic mass is 79.9. The minimum atomic E-state index is -1.06. The minimum absolute atomic E-state index is 0.117.